The molecule has 3 aromatic rings. The molecule has 1 fully saturated rings. The number of hydrogen-bond donors (Lipinski definition) is 1. The summed E-state index contributed by atoms with van der Waals surface area (Å²) in [6.07, 6.45) is 5.66. The molecule has 2 aromatic carbocycles. The van der Waals surface area contributed by atoms with Crippen LogP contribution in [0.3, 0.4) is 0 Å². The molecule has 4 rings (SSSR count). The first-order valence-electron chi connectivity index (χ1n) is 8.83. The van der Waals surface area contributed by atoms with Gasteiger partial charge in [-0.1, -0.05) is 36.4 Å². The maximum atomic E-state index is 10.5. The van der Waals surface area contributed by atoms with E-state index in [-0.39, 0.29) is 12.0 Å². The van der Waals surface area contributed by atoms with E-state index in [0.717, 1.165) is 25.2 Å². The van der Waals surface area contributed by atoms with E-state index in [9.17, 15) is 5.11 Å². The van der Waals surface area contributed by atoms with Crippen molar-refractivity contribution in [2.45, 2.75) is 26.0 Å². The average Bonchev–Trinajstić information content (AvgIpc) is 2.96. The minimum atomic E-state index is -0.307. The number of rotatable bonds is 4. The van der Waals surface area contributed by atoms with Gasteiger partial charge < -0.3 is 5.11 Å². The molecule has 1 aliphatic rings. The molecule has 0 amide bonds. The molecule has 1 N–H and O–H groups in total. The summed E-state index contributed by atoms with van der Waals surface area (Å²) in [7, 11) is 0. The minimum absolute atomic E-state index is 0.216. The second kappa shape index (κ2) is 6.90. The van der Waals surface area contributed by atoms with Crippen molar-refractivity contribution in [1.82, 2.24) is 14.9 Å². The summed E-state index contributed by atoms with van der Waals surface area (Å²) in [5.74, 6) is 0.216. The average molecular weight is 333 g/mol. The van der Waals surface area contributed by atoms with Crippen LogP contribution in [-0.2, 0) is 13.0 Å². The van der Waals surface area contributed by atoms with Crippen LogP contribution in [0.2, 0.25) is 0 Å². The largest absolute Gasteiger partial charge is 0.391 e. The predicted octanol–water partition coefficient (Wildman–Crippen LogP) is 2.97. The van der Waals surface area contributed by atoms with Crippen LogP contribution in [0.25, 0.3) is 10.8 Å². The number of fused-ring (bicyclic) bond motifs is 1. The van der Waals surface area contributed by atoms with Gasteiger partial charge in [0.15, 0.2) is 0 Å². The molecule has 1 aromatic heterocycles. The lowest BCUT2D eigenvalue weighted by Crippen LogP contribution is -2.21. The van der Waals surface area contributed by atoms with Crippen LogP contribution in [0, 0.1) is 12.8 Å². The molecule has 0 bridgehead atoms. The first-order chi connectivity index (χ1) is 12.2. The molecule has 2 heterocycles. The molecule has 0 spiro atoms. The number of benzene rings is 2. The fraction of sp³-hybridized carbons (Fsp3) is 0.333. The van der Waals surface area contributed by atoms with Crippen LogP contribution in [0.1, 0.15) is 16.8 Å². The van der Waals surface area contributed by atoms with Gasteiger partial charge in [-0.15, -0.1) is 0 Å². The van der Waals surface area contributed by atoms with Gasteiger partial charge in [0.05, 0.1) is 11.8 Å². The number of hydrogen-bond acceptors (Lipinski definition) is 4. The zero-order chi connectivity index (χ0) is 17.2. The number of aliphatic hydroxyl groups is 1. The lowest BCUT2D eigenvalue weighted by molar-refractivity contribution is 0.140. The monoisotopic (exact) mass is 333 g/mol. The molecule has 25 heavy (non-hydrogen) atoms. The van der Waals surface area contributed by atoms with Gasteiger partial charge in [0.25, 0.3) is 0 Å². The van der Waals surface area contributed by atoms with Gasteiger partial charge in [-0.25, -0.2) is 0 Å². The van der Waals surface area contributed by atoms with E-state index >= 15 is 0 Å². The Morgan fingerprint density at radius 3 is 2.76 bits per heavy atom. The number of β-amino-alcohol motifs (C(OH)–C–C–N with tert-alkyl or cyclic N) is 1. The number of likely N-dealkylation sites (tertiary alicyclic amines) is 1. The minimum Gasteiger partial charge on any atom is -0.391 e. The van der Waals surface area contributed by atoms with E-state index < -0.39 is 0 Å². The Morgan fingerprint density at radius 2 is 1.92 bits per heavy atom. The Bertz CT molecular complexity index is 865. The second-order valence-corrected chi connectivity index (χ2v) is 7.01. The molecule has 0 unspecified atom stereocenters. The Morgan fingerprint density at radius 1 is 1.08 bits per heavy atom. The quantitative estimate of drug-likeness (QED) is 0.797. The highest BCUT2D eigenvalue weighted by Gasteiger charge is 2.31. The van der Waals surface area contributed by atoms with Gasteiger partial charge in [-0.3, -0.25) is 14.9 Å². The van der Waals surface area contributed by atoms with Gasteiger partial charge in [-0.05, 0) is 35.2 Å². The number of aryl methyl sites for hydroxylation is 1. The fourth-order valence-corrected chi connectivity index (χ4v) is 3.89. The summed E-state index contributed by atoms with van der Waals surface area (Å²) < 4.78 is 0. The van der Waals surface area contributed by atoms with Crippen LogP contribution in [0.4, 0.5) is 0 Å². The molecule has 1 saturated heterocycles. The van der Waals surface area contributed by atoms with Gasteiger partial charge in [0.1, 0.15) is 0 Å². The molecule has 4 nitrogen and oxygen atoms in total. The van der Waals surface area contributed by atoms with Crippen molar-refractivity contribution >= 4 is 10.8 Å². The molecule has 4 heteroatoms. The van der Waals surface area contributed by atoms with Gasteiger partial charge in [0.2, 0.25) is 0 Å². The Hall–Kier alpha value is -2.30. The fourth-order valence-electron chi connectivity index (χ4n) is 3.89. The van der Waals surface area contributed by atoms with E-state index in [0.29, 0.717) is 6.54 Å². The molecule has 128 valence electrons. The second-order valence-electron chi connectivity index (χ2n) is 7.01. The van der Waals surface area contributed by atoms with Gasteiger partial charge >= 0.3 is 0 Å². The Kier molecular flexibility index (Phi) is 4.47. The summed E-state index contributed by atoms with van der Waals surface area (Å²) >= 11 is 0. The maximum Gasteiger partial charge on any atom is 0.0711 e. The van der Waals surface area contributed by atoms with Crippen LogP contribution >= 0.6 is 0 Å². The zero-order valence-electron chi connectivity index (χ0n) is 14.5. The summed E-state index contributed by atoms with van der Waals surface area (Å²) in [5.41, 5.74) is 3.59. The highest BCUT2D eigenvalue weighted by molar-refractivity contribution is 5.88. The third-order valence-electron chi connectivity index (χ3n) is 5.19. The van der Waals surface area contributed by atoms with E-state index in [1.165, 1.54) is 21.9 Å². The Labute approximate surface area is 148 Å². The van der Waals surface area contributed by atoms with Crippen molar-refractivity contribution in [2.24, 2.45) is 5.92 Å². The van der Waals surface area contributed by atoms with Crippen molar-refractivity contribution in [3.8, 4) is 0 Å². The molecule has 0 radical (unpaired) electrons. The van der Waals surface area contributed by atoms with Crippen LogP contribution in [0.5, 0.6) is 0 Å². The lowest BCUT2D eigenvalue weighted by atomic mass is 10.00. The summed E-state index contributed by atoms with van der Waals surface area (Å²) in [6, 6.07) is 13.0. The number of aliphatic hydroxyl groups excluding tert-OH is 1. The van der Waals surface area contributed by atoms with E-state index in [1.807, 2.05) is 0 Å². The molecular formula is C21H23N3O. The topological polar surface area (TPSA) is 49.2 Å². The van der Waals surface area contributed by atoms with E-state index in [4.69, 9.17) is 0 Å². The third-order valence-corrected chi connectivity index (χ3v) is 5.19. The molecule has 0 aliphatic carbocycles. The van der Waals surface area contributed by atoms with Crippen molar-refractivity contribution in [1.29, 1.82) is 0 Å². The summed E-state index contributed by atoms with van der Waals surface area (Å²) in [4.78, 5) is 10.8. The molecular weight excluding hydrogens is 310 g/mol. The normalized spacial score (nSPS) is 21.0. The lowest BCUT2D eigenvalue weighted by Gasteiger charge is -2.17. The predicted molar refractivity (Wildman–Crippen MR) is 99.2 cm³/mol. The number of aromatic nitrogens is 2. The van der Waals surface area contributed by atoms with Crippen LogP contribution in [0.15, 0.2) is 55.0 Å². The summed E-state index contributed by atoms with van der Waals surface area (Å²) in [5, 5.41) is 13.1. The van der Waals surface area contributed by atoms with E-state index in [1.54, 1.807) is 18.6 Å². The SMILES string of the molecule is Cc1cccc2c(CN3C[C@@H](Cc4cnccn4)[C@H](O)C3)cccc12. The first kappa shape index (κ1) is 16.2. The summed E-state index contributed by atoms with van der Waals surface area (Å²) in [6.45, 7) is 4.63. The maximum absolute atomic E-state index is 10.5. The van der Waals surface area contributed by atoms with Crippen molar-refractivity contribution < 1.29 is 5.11 Å². The van der Waals surface area contributed by atoms with Crippen molar-refractivity contribution in [3.63, 3.8) is 0 Å². The van der Waals surface area contributed by atoms with Gasteiger partial charge in [-0.2, -0.15) is 0 Å². The van der Waals surface area contributed by atoms with Crippen molar-refractivity contribution in [3.05, 3.63) is 71.8 Å². The highest BCUT2D eigenvalue weighted by Crippen LogP contribution is 2.26. The van der Waals surface area contributed by atoms with Crippen LogP contribution < -0.4 is 0 Å². The van der Waals surface area contributed by atoms with E-state index in [2.05, 4.69) is 58.2 Å². The van der Waals surface area contributed by atoms with Gasteiger partial charge in [0, 0.05) is 44.1 Å². The van der Waals surface area contributed by atoms with Crippen molar-refractivity contribution in [2.75, 3.05) is 13.1 Å². The van der Waals surface area contributed by atoms with Crippen LogP contribution in [-0.4, -0.2) is 39.2 Å². The molecule has 1 aliphatic heterocycles. The first-order valence-corrected chi connectivity index (χ1v) is 8.83. The smallest absolute Gasteiger partial charge is 0.0711 e. The molecule has 2 atom stereocenters. The number of nitrogens with zero attached hydrogens (tertiary/aromatic N) is 3. The zero-order valence-corrected chi connectivity index (χ0v) is 14.5. The highest BCUT2D eigenvalue weighted by atomic mass is 16.3. The molecule has 0 saturated carbocycles. The Balaban J connectivity index is 1.50. The third kappa shape index (κ3) is 3.41. The standard InChI is InChI=1S/C21H23N3O/c1-15-4-2-7-20-16(5-3-6-19(15)20)12-24-13-17(21(25)14-24)10-18-11-22-8-9-23-18/h2-9,11,17,21,25H,10,12-14H2,1H3/t17-,21-/m1/s1.